The summed E-state index contributed by atoms with van der Waals surface area (Å²) in [7, 11) is 0. The van der Waals surface area contributed by atoms with Crippen molar-refractivity contribution < 1.29 is 19.4 Å². The summed E-state index contributed by atoms with van der Waals surface area (Å²) in [5.74, 6) is -0.313. The van der Waals surface area contributed by atoms with Gasteiger partial charge in [-0.05, 0) is 50.8 Å². The summed E-state index contributed by atoms with van der Waals surface area (Å²) in [5.41, 5.74) is 1.33. The van der Waals surface area contributed by atoms with Gasteiger partial charge in [-0.3, -0.25) is 9.59 Å². The second-order valence-electron chi connectivity index (χ2n) is 6.46. The van der Waals surface area contributed by atoms with E-state index in [1.807, 2.05) is 11.0 Å². The third kappa shape index (κ3) is 3.53. The molecule has 1 aromatic rings. The Morgan fingerprint density at radius 3 is 2.67 bits per heavy atom. The van der Waals surface area contributed by atoms with Crippen LogP contribution < -0.4 is 5.32 Å². The minimum atomic E-state index is -0.322. The van der Waals surface area contributed by atoms with Crippen LogP contribution in [-0.2, 0) is 9.53 Å². The van der Waals surface area contributed by atoms with Crippen molar-refractivity contribution in [1.29, 1.82) is 0 Å². The lowest BCUT2D eigenvalue weighted by molar-refractivity contribution is -0.140. The molecule has 6 heteroatoms. The first-order valence-corrected chi connectivity index (χ1v) is 8.58. The number of aliphatic hydroxyl groups excluding tert-OH is 1. The summed E-state index contributed by atoms with van der Waals surface area (Å²) in [6, 6.07) is 7.48. The maximum Gasteiger partial charge on any atom is 0.325 e. The fourth-order valence-corrected chi connectivity index (χ4v) is 3.78. The quantitative estimate of drug-likeness (QED) is 0.804. The maximum atomic E-state index is 12.9. The smallest absolute Gasteiger partial charge is 0.325 e. The van der Waals surface area contributed by atoms with Gasteiger partial charge in [-0.25, -0.2) is 0 Å². The second-order valence-corrected chi connectivity index (χ2v) is 6.46. The molecule has 1 unspecified atom stereocenters. The molecular weight excluding hydrogens is 308 g/mol. The number of nitrogens with one attached hydrogen (secondary N) is 1. The molecule has 1 amide bonds. The highest BCUT2D eigenvalue weighted by Crippen LogP contribution is 2.36. The van der Waals surface area contributed by atoms with Crippen LogP contribution >= 0.6 is 0 Å². The summed E-state index contributed by atoms with van der Waals surface area (Å²) in [4.78, 5) is 26.3. The molecule has 0 aromatic heterocycles. The summed E-state index contributed by atoms with van der Waals surface area (Å²) in [5, 5.41) is 12.9. The second kappa shape index (κ2) is 7.21. The fraction of sp³-hybridized carbons (Fsp3) is 0.556. The average molecular weight is 332 g/mol. The highest BCUT2D eigenvalue weighted by atomic mass is 16.5. The van der Waals surface area contributed by atoms with Gasteiger partial charge in [-0.1, -0.05) is 6.07 Å². The summed E-state index contributed by atoms with van der Waals surface area (Å²) >= 11 is 0. The number of rotatable bonds is 5. The van der Waals surface area contributed by atoms with E-state index in [0.717, 1.165) is 18.5 Å². The number of hydrogen-bond donors (Lipinski definition) is 2. The lowest BCUT2D eigenvalue weighted by atomic mass is 9.98. The van der Waals surface area contributed by atoms with E-state index in [-0.39, 0.29) is 36.6 Å². The molecular formula is C18H24N2O4. The Bertz CT molecular complexity index is 605. The molecule has 2 fully saturated rings. The highest BCUT2D eigenvalue weighted by Gasteiger charge is 2.42. The molecule has 3 atom stereocenters. The minimum Gasteiger partial charge on any atom is -0.465 e. The zero-order chi connectivity index (χ0) is 17.1. The van der Waals surface area contributed by atoms with E-state index in [4.69, 9.17) is 4.74 Å². The van der Waals surface area contributed by atoms with Gasteiger partial charge in [0.25, 0.3) is 5.91 Å². The molecule has 6 nitrogen and oxygen atoms in total. The summed E-state index contributed by atoms with van der Waals surface area (Å²) in [6.45, 7) is 2.19. The first-order valence-electron chi connectivity index (χ1n) is 8.58. The van der Waals surface area contributed by atoms with Gasteiger partial charge in [0.15, 0.2) is 0 Å². The number of benzene rings is 1. The molecule has 2 N–H and O–H groups in total. The lowest BCUT2D eigenvalue weighted by Crippen LogP contribution is -2.48. The average Bonchev–Trinajstić information content (AvgIpc) is 2.84. The Labute approximate surface area is 141 Å². The van der Waals surface area contributed by atoms with Gasteiger partial charge in [0.05, 0.1) is 12.7 Å². The largest absolute Gasteiger partial charge is 0.465 e. The maximum absolute atomic E-state index is 12.9. The summed E-state index contributed by atoms with van der Waals surface area (Å²) < 4.78 is 4.88. The van der Waals surface area contributed by atoms with E-state index in [0.29, 0.717) is 25.0 Å². The van der Waals surface area contributed by atoms with Gasteiger partial charge in [-0.15, -0.1) is 0 Å². The standard InChI is InChI=1S/C18H24N2O4/c1-2-24-17(22)11-19-13-5-3-4-12(8-13)18(23)20-14-6-7-15(20)10-16(21)9-14/h3-5,8,14-16,19,21H,2,6-7,9-11H2,1H3/t14-,15+,16?. The Balaban J connectivity index is 1.67. The van der Waals surface area contributed by atoms with Gasteiger partial charge in [0.2, 0.25) is 0 Å². The first kappa shape index (κ1) is 16.8. The molecule has 2 heterocycles. The number of ether oxygens (including phenoxy) is 1. The van der Waals surface area contributed by atoms with Crippen LogP contribution in [0.3, 0.4) is 0 Å². The van der Waals surface area contributed by atoms with Crippen molar-refractivity contribution >= 4 is 17.6 Å². The number of hydrogen-bond acceptors (Lipinski definition) is 5. The van der Waals surface area contributed by atoms with Crippen LogP contribution in [0.1, 0.15) is 43.0 Å². The van der Waals surface area contributed by atoms with Gasteiger partial charge in [0, 0.05) is 23.3 Å². The molecule has 2 aliphatic rings. The zero-order valence-electron chi connectivity index (χ0n) is 13.9. The van der Waals surface area contributed by atoms with E-state index in [9.17, 15) is 14.7 Å². The predicted octanol–water partition coefficient (Wildman–Crippen LogP) is 1.79. The number of esters is 1. The normalized spacial score (nSPS) is 25.4. The van der Waals surface area contributed by atoms with Crippen LogP contribution in [0.25, 0.3) is 0 Å². The molecule has 130 valence electrons. The molecule has 0 saturated carbocycles. The van der Waals surface area contributed by atoms with Crippen molar-refractivity contribution in [3.05, 3.63) is 29.8 Å². The molecule has 24 heavy (non-hydrogen) atoms. The number of amides is 1. The van der Waals surface area contributed by atoms with Gasteiger partial charge in [0.1, 0.15) is 6.54 Å². The zero-order valence-corrected chi connectivity index (χ0v) is 13.9. The van der Waals surface area contributed by atoms with Crippen LogP contribution in [0.2, 0.25) is 0 Å². The molecule has 2 aliphatic heterocycles. The Hall–Kier alpha value is -2.08. The predicted molar refractivity (Wildman–Crippen MR) is 89.8 cm³/mol. The monoisotopic (exact) mass is 332 g/mol. The molecule has 0 radical (unpaired) electrons. The van der Waals surface area contributed by atoms with Crippen LogP contribution in [0, 0.1) is 0 Å². The van der Waals surface area contributed by atoms with E-state index >= 15 is 0 Å². The van der Waals surface area contributed by atoms with Crippen LogP contribution in [0.15, 0.2) is 24.3 Å². The van der Waals surface area contributed by atoms with Crippen molar-refractivity contribution in [1.82, 2.24) is 4.90 Å². The Kier molecular flexibility index (Phi) is 5.04. The fourth-order valence-electron chi connectivity index (χ4n) is 3.78. The minimum absolute atomic E-state index is 0.00850. The number of fused-ring (bicyclic) bond motifs is 2. The van der Waals surface area contributed by atoms with Crippen LogP contribution in [0.5, 0.6) is 0 Å². The summed E-state index contributed by atoms with van der Waals surface area (Å²) in [6.07, 6.45) is 2.98. The van der Waals surface area contributed by atoms with Gasteiger partial charge in [-0.2, -0.15) is 0 Å². The number of carbonyl (C=O) groups is 2. The van der Waals surface area contributed by atoms with Crippen molar-refractivity contribution in [2.45, 2.75) is 50.8 Å². The number of nitrogens with zero attached hydrogens (tertiary/aromatic N) is 1. The molecule has 1 aromatic carbocycles. The third-order valence-corrected chi connectivity index (χ3v) is 4.79. The molecule has 2 saturated heterocycles. The molecule has 2 bridgehead atoms. The SMILES string of the molecule is CCOC(=O)CNc1cccc(C(=O)N2[C@@H]3CC[C@H]2CC(O)C3)c1. The number of carbonyl (C=O) groups excluding carboxylic acids is 2. The first-order chi connectivity index (χ1) is 11.6. The Morgan fingerprint density at radius 1 is 1.29 bits per heavy atom. The molecule has 0 aliphatic carbocycles. The van der Waals surface area contributed by atoms with E-state index in [1.54, 1.807) is 25.1 Å². The molecule has 0 spiro atoms. The number of anilines is 1. The van der Waals surface area contributed by atoms with Crippen molar-refractivity contribution in [3.63, 3.8) is 0 Å². The van der Waals surface area contributed by atoms with E-state index in [2.05, 4.69) is 5.32 Å². The number of piperidine rings is 1. The molecule has 3 rings (SSSR count). The highest BCUT2D eigenvalue weighted by molar-refractivity contribution is 5.96. The van der Waals surface area contributed by atoms with Crippen molar-refractivity contribution in [2.24, 2.45) is 0 Å². The number of aliphatic hydroxyl groups is 1. The van der Waals surface area contributed by atoms with Gasteiger partial charge < -0.3 is 20.1 Å². The van der Waals surface area contributed by atoms with Gasteiger partial charge >= 0.3 is 5.97 Å². The van der Waals surface area contributed by atoms with E-state index < -0.39 is 0 Å². The topological polar surface area (TPSA) is 78.9 Å². The van der Waals surface area contributed by atoms with Crippen molar-refractivity contribution in [2.75, 3.05) is 18.5 Å². The van der Waals surface area contributed by atoms with E-state index in [1.165, 1.54) is 0 Å². The van der Waals surface area contributed by atoms with Crippen LogP contribution in [-0.4, -0.2) is 53.2 Å². The third-order valence-electron chi connectivity index (χ3n) is 4.79. The van der Waals surface area contributed by atoms with Crippen LogP contribution in [0.4, 0.5) is 5.69 Å². The van der Waals surface area contributed by atoms with Crippen molar-refractivity contribution in [3.8, 4) is 0 Å². The lowest BCUT2D eigenvalue weighted by Gasteiger charge is -2.37. The Morgan fingerprint density at radius 2 is 2.00 bits per heavy atom.